The number of rotatable bonds is 5. The van der Waals surface area contributed by atoms with Crippen molar-refractivity contribution in [2.24, 2.45) is 7.05 Å². The van der Waals surface area contributed by atoms with Crippen LogP contribution in [-0.2, 0) is 13.5 Å². The van der Waals surface area contributed by atoms with Crippen molar-refractivity contribution >= 4 is 17.3 Å². The van der Waals surface area contributed by atoms with Gasteiger partial charge in [0.15, 0.2) is 0 Å². The standard InChI is InChI=1S/C13H16ClN3O/c1-17-9-10(8-16-17)5-6-15-11-3-4-13(18-2)12(14)7-11/h3-4,7-9,15H,5-6H2,1-2H3. The third-order valence-electron chi connectivity index (χ3n) is 2.65. The Balaban J connectivity index is 1.88. The largest absolute Gasteiger partial charge is 0.495 e. The smallest absolute Gasteiger partial charge is 0.137 e. The van der Waals surface area contributed by atoms with E-state index < -0.39 is 0 Å². The van der Waals surface area contributed by atoms with Crippen molar-refractivity contribution in [1.82, 2.24) is 9.78 Å². The van der Waals surface area contributed by atoms with Gasteiger partial charge in [-0.2, -0.15) is 5.10 Å². The summed E-state index contributed by atoms with van der Waals surface area (Å²) in [5.41, 5.74) is 2.20. The van der Waals surface area contributed by atoms with Gasteiger partial charge in [0.2, 0.25) is 0 Å². The van der Waals surface area contributed by atoms with Crippen LogP contribution in [0.3, 0.4) is 0 Å². The molecule has 0 unspecified atom stereocenters. The van der Waals surface area contributed by atoms with Crippen LogP contribution in [0.2, 0.25) is 5.02 Å². The number of ether oxygens (including phenoxy) is 1. The lowest BCUT2D eigenvalue weighted by atomic mass is 10.2. The van der Waals surface area contributed by atoms with E-state index in [1.807, 2.05) is 37.6 Å². The quantitative estimate of drug-likeness (QED) is 0.904. The molecule has 1 heterocycles. The van der Waals surface area contributed by atoms with Crippen molar-refractivity contribution < 1.29 is 4.74 Å². The minimum absolute atomic E-state index is 0.615. The summed E-state index contributed by atoms with van der Waals surface area (Å²) in [7, 11) is 3.52. The summed E-state index contributed by atoms with van der Waals surface area (Å²) >= 11 is 6.05. The molecule has 0 spiro atoms. The van der Waals surface area contributed by atoms with Crippen molar-refractivity contribution in [3.63, 3.8) is 0 Å². The molecular formula is C13H16ClN3O. The van der Waals surface area contributed by atoms with Gasteiger partial charge in [-0.3, -0.25) is 4.68 Å². The van der Waals surface area contributed by atoms with Crippen LogP contribution in [0.1, 0.15) is 5.56 Å². The Morgan fingerprint density at radius 3 is 2.89 bits per heavy atom. The maximum absolute atomic E-state index is 6.05. The van der Waals surface area contributed by atoms with Gasteiger partial charge in [-0.1, -0.05) is 11.6 Å². The number of nitrogens with zero attached hydrogens (tertiary/aromatic N) is 2. The zero-order valence-corrected chi connectivity index (χ0v) is 11.2. The van der Waals surface area contributed by atoms with Gasteiger partial charge in [0, 0.05) is 25.5 Å². The molecule has 2 aromatic rings. The zero-order valence-electron chi connectivity index (χ0n) is 10.5. The fourth-order valence-corrected chi connectivity index (χ4v) is 1.99. The molecule has 0 aliphatic carbocycles. The van der Waals surface area contributed by atoms with Gasteiger partial charge >= 0.3 is 0 Å². The molecule has 0 saturated carbocycles. The summed E-state index contributed by atoms with van der Waals surface area (Å²) in [6, 6.07) is 5.67. The Morgan fingerprint density at radius 1 is 1.44 bits per heavy atom. The van der Waals surface area contributed by atoms with Crippen LogP contribution in [0.25, 0.3) is 0 Å². The van der Waals surface area contributed by atoms with Crippen LogP contribution in [0.5, 0.6) is 5.75 Å². The number of methoxy groups -OCH3 is 1. The molecule has 96 valence electrons. The molecule has 0 atom stereocenters. The summed E-state index contributed by atoms with van der Waals surface area (Å²) < 4.78 is 6.91. The number of hydrogen-bond acceptors (Lipinski definition) is 3. The first-order valence-corrected chi connectivity index (χ1v) is 6.12. The molecule has 0 saturated heterocycles. The van der Waals surface area contributed by atoms with Crippen LogP contribution in [0.4, 0.5) is 5.69 Å². The van der Waals surface area contributed by atoms with E-state index in [4.69, 9.17) is 16.3 Å². The van der Waals surface area contributed by atoms with Crippen LogP contribution in [-0.4, -0.2) is 23.4 Å². The number of benzene rings is 1. The molecule has 5 heteroatoms. The molecule has 4 nitrogen and oxygen atoms in total. The van der Waals surface area contributed by atoms with Gasteiger partial charge in [0.05, 0.1) is 18.3 Å². The van der Waals surface area contributed by atoms with Gasteiger partial charge in [0.25, 0.3) is 0 Å². The summed E-state index contributed by atoms with van der Waals surface area (Å²) in [4.78, 5) is 0. The first kappa shape index (κ1) is 12.8. The monoisotopic (exact) mass is 265 g/mol. The van der Waals surface area contributed by atoms with E-state index in [0.29, 0.717) is 10.8 Å². The molecule has 1 aromatic carbocycles. The second kappa shape index (κ2) is 5.78. The molecule has 0 bridgehead atoms. The third-order valence-corrected chi connectivity index (χ3v) is 2.95. The number of aromatic nitrogens is 2. The first-order chi connectivity index (χ1) is 8.69. The average molecular weight is 266 g/mol. The Morgan fingerprint density at radius 2 is 2.28 bits per heavy atom. The Bertz CT molecular complexity index is 525. The molecule has 0 fully saturated rings. The lowest BCUT2D eigenvalue weighted by Crippen LogP contribution is -2.04. The fraction of sp³-hybridized carbons (Fsp3) is 0.308. The van der Waals surface area contributed by atoms with Crippen LogP contribution < -0.4 is 10.1 Å². The molecule has 1 aromatic heterocycles. The topological polar surface area (TPSA) is 39.1 Å². The van der Waals surface area contributed by atoms with Crippen molar-refractivity contribution in [1.29, 1.82) is 0 Å². The van der Waals surface area contributed by atoms with Crippen LogP contribution in [0, 0.1) is 0 Å². The van der Waals surface area contributed by atoms with Gasteiger partial charge in [-0.25, -0.2) is 0 Å². The molecule has 18 heavy (non-hydrogen) atoms. The van der Waals surface area contributed by atoms with Crippen molar-refractivity contribution in [2.75, 3.05) is 19.0 Å². The van der Waals surface area contributed by atoms with E-state index in [-0.39, 0.29) is 0 Å². The summed E-state index contributed by atoms with van der Waals surface area (Å²) in [5.74, 6) is 0.689. The number of anilines is 1. The molecule has 0 aliphatic heterocycles. The van der Waals surface area contributed by atoms with E-state index in [1.54, 1.807) is 11.8 Å². The van der Waals surface area contributed by atoms with Crippen molar-refractivity contribution in [3.8, 4) is 5.75 Å². The lowest BCUT2D eigenvalue weighted by Gasteiger charge is -2.08. The maximum atomic E-state index is 6.05. The Kier molecular flexibility index (Phi) is 4.10. The predicted octanol–water partition coefficient (Wildman–Crippen LogP) is 2.74. The number of halogens is 1. The third kappa shape index (κ3) is 3.17. The maximum Gasteiger partial charge on any atom is 0.137 e. The van der Waals surface area contributed by atoms with E-state index in [0.717, 1.165) is 18.7 Å². The molecule has 0 aliphatic rings. The highest BCUT2D eigenvalue weighted by Crippen LogP contribution is 2.27. The van der Waals surface area contributed by atoms with E-state index in [9.17, 15) is 0 Å². The summed E-state index contributed by atoms with van der Waals surface area (Å²) in [6.07, 6.45) is 4.82. The summed E-state index contributed by atoms with van der Waals surface area (Å²) in [5, 5.41) is 8.06. The molecule has 1 N–H and O–H groups in total. The zero-order chi connectivity index (χ0) is 13.0. The fourth-order valence-electron chi connectivity index (χ4n) is 1.73. The molecule has 0 amide bonds. The second-order valence-electron chi connectivity index (χ2n) is 4.05. The first-order valence-electron chi connectivity index (χ1n) is 5.74. The lowest BCUT2D eigenvalue weighted by molar-refractivity contribution is 0.415. The Hall–Kier alpha value is -1.68. The second-order valence-corrected chi connectivity index (χ2v) is 4.46. The molecule has 2 rings (SSSR count). The minimum atomic E-state index is 0.615. The number of nitrogens with one attached hydrogen (secondary N) is 1. The average Bonchev–Trinajstić information content (AvgIpc) is 2.75. The molecule has 0 radical (unpaired) electrons. The highest BCUT2D eigenvalue weighted by atomic mass is 35.5. The Labute approximate surface area is 112 Å². The normalized spacial score (nSPS) is 10.4. The van der Waals surface area contributed by atoms with Crippen LogP contribution >= 0.6 is 11.6 Å². The number of hydrogen-bond donors (Lipinski definition) is 1. The van der Waals surface area contributed by atoms with Crippen LogP contribution in [0.15, 0.2) is 30.6 Å². The van der Waals surface area contributed by atoms with Crippen molar-refractivity contribution in [3.05, 3.63) is 41.2 Å². The predicted molar refractivity (Wildman–Crippen MR) is 73.4 cm³/mol. The van der Waals surface area contributed by atoms with Gasteiger partial charge in [-0.05, 0) is 30.2 Å². The minimum Gasteiger partial charge on any atom is -0.495 e. The van der Waals surface area contributed by atoms with Crippen molar-refractivity contribution in [2.45, 2.75) is 6.42 Å². The van der Waals surface area contributed by atoms with Gasteiger partial charge < -0.3 is 10.1 Å². The van der Waals surface area contributed by atoms with E-state index in [2.05, 4.69) is 10.4 Å². The number of aryl methyl sites for hydroxylation is 1. The van der Waals surface area contributed by atoms with Gasteiger partial charge in [0.1, 0.15) is 5.75 Å². The van der Waals surface area contributed by atoms with E-state index in [1.165, 1.54) is 5.56 Å². The van der Waals surface area contributed by atoms with E-state index >= 15 is 0 Å². The SMILES string of the molecule is COc1ccc(NCCc2cnn(C)c2)cc1Cl. The molecular weight excluding hydrogens is 250 g/mol. The highest BCUT2D eigenvalue weighted by Gasteiger charge is 2.01. The van der Waals surface area contributed by atoms with Gasteiger partial charge in [-0.15, -0.1) is 0 Å². The summed E-state index contributed by atoms with van der Waals surface area (Å²) in [6.45, 7) is 0.842. The highest BCUT2D eigenvalue weighted by molar-refractivity contribution is 6.32.